The van der Waals surface area contributed by atoms with Gasteiger partial charge in [-0.25, -0.2) is 0 Å². The molecule has 0 aliphatic carbocycles. The minimum absolute atomic E-state index is 0.158. The molecule has 2 aromatic rings. The Bertz CT molecular complexity index is 643. The zero-order valence-corrected chi connectivity index (χ0v) is 12.9. The van der Waals surface area contributed by atoms with Crippen molar-refractivity contribution in [3.8, 4) is 0 Å². The fourth-order valence-corrected chi connectivity index (χ4v) is 2.27. The lowest BCUT2D eigenvalue weighted by Gasteiger charge is -2.18. The van der Waals surface area contributed by atoms with E-state index in [2.05, 4.69) is 5.32 Å². The maximum Gasteiger partial charge on any atom is 0.272 e. The fourth-order valence-electron chi connectivity index (χ4n) is 2.27. The first-order chi connectivity index (χ1) is 9.90. The quantitative estimate of drug-likeness (QED) is 0.908. The summed E-state index contributed by atoms with van der Waals surface area (Å²) in [5.41, 5.74) is 8.72. The van der Waals surface area contributed by atoms with Crippen LogP contribution in [0.1, 0.15) is 30.4 Å². The van der Waals surface area contributed by atoms with Crippen LogP contribution in [0.5, 0.6) is 0 Å². The number of rotatable bonds is 4. The molecule has 1 aromatic carbocycles. The third-order valence-electron chi connectivity index (χ3n) is 3.29. The van der Waals surface area contributed by atoms with Crippen LogP contribution < -0.4 is 16.0 Å². The molecule has 0 aliphatic rings. The van der Waals surface area contributed by atoms with Crippen LogP contribution in [0.3, 0.4) is 0 Å². The monoisotopic (exact) mass is 286 g/mol. The van der Waals surface area contributed by atoms with Crippen LogP contribution in [0.15, 0.2) is 36.5 Å². The van der Waals surface area contributed by atoms with Gasteiger partial charge in [-0.3, -0.25) is 4.79 Å². The summed E-state index contributed by atoms with van der Waals surface area (Å²) in [7, 11) is 3.89. The van der Waals surface area contributed by atoms with E-state index in [0.717, 1.165) is 11.4 Å². The molecule has 1 heterocycles. The Labute approximate surface area is 125 Å². The number of carbonyl (C=O) groups excluding carboxylic acids is 1. The van der Waals surface area contributed by atoms with Crippen molar-refractivity contribution in [1.29, 1.82) is 0 Å². The van der Waals surface area contributed by atoms with Gasteiger partial charge in [0.15, 0.2) is 0 Å². The molecule has 3 N–H and O–H groups in total. The van der Waals surface area contributed by atoms with Gasteiger partial charge in [0.25, 0.3) is 5.91 Å². The van der Waals surface area contributed by atoms with Crippen molar-refractivity contribution in [2.45, 2.75) is 19.9 Å². The molecule has 0 aliphatic heterocycles. The van der Waals surface area contributed by atoms with E-state index in [0.29, 0.717) is 11.4 Å². The van der Waals surface area contributed by atoms with E-state index in [9.17, 15) is 4.79 Å². The SMILES string of the molecule is CC(C)n1cc(N)cc1C(=O)Nc1ccccc1N(C)C. The van der Waals surface area contributed by atoms with Gasteiger partial charge in [0.1, 0.15) is 5.69 Å². The summed E-state index contributed by atoms with van der Waals surface area (Å²) in [4.78, 5) is 14.5. The summed E-state index contributed by atoms with van der Waals surface area (Å²) < 4.78 is 1.88. The first-order valence-electron chi connectivity index (χ1n) is 6.95. The van der Waals surface area contributed by atoms with Crippen molar-refractivity contribution in [2.75, 3.05) is 30.0 Å². The average Bonchev–Trinajstić information content (AvgIpc) is 2.81. The highest BCUT2D eigenvalue weighted by Crippen LogP contribution is 2.25. The van der Waals surface area contributed by atoms with Crippen molar-refractivity contribution in [3.05, 3.63) is 42.2 Å². The number of para-hydroxylation sites is 2. The molecule has 1 aromatic heterocycles. The van der Waals surface area contributed by atoms with Gasteiger partial charge >= 0.3 is 0 Å². The standard InChI is InChI=1S/C16H22N4O/c1-11(2)20-10-12(17)9-15(20)16(21)18-13-7-5-6-8-14(13)19(3)4/h5-11H,17H2,1-4H3,(H,18,21). The molecule has 2 rings (SSSR count). The Kier molecular flexibility index (Phi) is 4.21. The van der Waals surface area contributed by atoms with Gasteiger partial charge in [0.2, 0.25) is 0 Å². The maximum absolute atomic E-state index is 12.5. The second-order valence-corrected chi connectivity index (χ2v) is 5.53. The Balaban J connectivity index is 2.31. The number of nitrogen functional groups attached to an aromatic ring is 1. The average molecular weight is 286 g/mol. The van der Waals surface area contributed by atoms with Crippen molar-refractivity contribution in [1.82, 2.24) is 4.57 Å². The molecule has 0 atom stereocenters. The van der Waals surface area contributed by atoms with Crippen molar-refractivity contribution >= 4 is 23.0 Å². The Morgan fingerprint density at radius 1 is 1.29 bits per heavy atom. The number of nitrogens with two attached hydrogens (primary N) is 1. The van der Waals surface area contributed by atoms with Gasteiger partial charge in [0.05, 0.1) is 17.1 Å². The topological polar surface area (TPSA) is 63.3 Å². The number of benzene rings is 1. The predicted molar refractivity (Wildman–Crippen MR) is 88.0 cm³/mol. The Morgan fingerprint density at radius 2 is 1.95 bits per heavy atom. The molecule has 0 radical (unpaired) electrons. The number of nitrogens with zero attached hydrogens (tertiary/aromatic N) is 2. The summed E-state index contributed by atoms with van der Waals surface area (Å²) in [6.07, 6.45) is 1.79. The van der Waals surface area contributed by atoms with Crippen LogP contribution in [-0.2, 0) is 0 Å². The van der Waals surface area contributed by atoms with Crippen LogP contribution in [0.25, 0.3) is 0 Å². The van der Waals surface area contributed by atoms with E-state index >= 15 is 0 Å². The number of hydrogen-bond acceptors (Lipinski definition) is 3. The number of hydrogen-bond donors (Lipinski definition) is 2. The lowest BCUT2D eigenvalue weighted by molar-refractivity contribution is 0.101. The highest BCUT2D eigenvalue weighted by atomic mass is 16.2. The Morgan fingerprint density at radius 3 is 2.57 bits per heavy atom. The summed E-state index contributed by atoms with van der Waals surface area (Å²) in [5.74, 6) is -0.158. The third kappa shape index (κ3) is 3.18. The first-order valence-corrected chi connectivity index (χ1v) is 6.95. The van der Waals surface area contributed by atoms with E-state index in [4.69, 9.17) is 5.73 Å². The summed E-state index contributed by atoms with van der Waals surface area (Å²) in [5, 5.41) is 2.96. The number of anilines is 3. The van der Waals surface area contributed by atoms with Crippen LogP contribution in [-0.4, -0.2) is 24.6 Å². The lowest BCUT2D eigenvalue weighted by atomic mass is 10.2. The van der Waals surface area contributed by atoms with Crippen LogP contribution >= 0.6 is 0 Å². The molecular formula is C16H22N4O. The largest absolute Gasteiger partial charge is 0.397 e. The van der Waals surface area contributed by atoms with Gasteiger partial charge in [0, 0.05) is 26.3 Å². The molecule has 0 spiro atoms. The molecule has 0 saturated carbocycles. The number of amides is 1. The van der Waals surface area contributed by atoms with Crippen LogP contribution in [0.2, 0.25) is 0 Å². The molecular weight excluding hydrogens is 264 g/mol. The minimum Gasteiger partial charge on any atom is -0.397 e. The zero-order chi connectivity index (χ0) is 15.6. The van der Waals surface area contributed by atoms with Gasteiger partial charge in [-0.2, -0.15) is 0 Å². The van der Waals surface area contributed by atoms with Crippen molar-refractivity contribution < 1.29 is 4.79 Å². The van der Waals surface area contributed by atoms with Gasteiger partial charge < -0.3 is 20.5 Å². The summed E-state index contributed by atoms with van der Waals surface area (Å²) >= 11 is 0. The van der Waals surface area contributed by atoms with E-state index in [1.807, 2.05) is 61.7 Å². The smallest absolute Gasteiger partial charge is 0.272 e. The third-order valence-corrected chi connectivity index (χ3v) is 3.29. The second-order valence-electron chi connectivity index (χ2n) is 5.53. The number of aromatic nitrogens is 1. The van der Waals surface area contributed by atoms with E-state index in [1.165, 1.54) is 0 Å². The molecule has 5 nitrogen and oxygen atoms in total. The van der Waals surface area contributed by atoms with E-state index < -0.39 is 0 Å². The van der Waals surface area contributed by atoms with Crippen LogP contribution in [0.4, 0.5) is 17.1 Å². The summed E-state index contributed by atoms with van der Waals surface area (Å²) in [6, 6.07) is 9.57. The maximum atomic E-state index is 12.5. The Hall–Kier alpha value is -2.43. The normalized spacial score (nSPS) is 10.7. The molecule has 0 fully saturated rings. The molecule has 0 unspecified atom stereocenters. The molecule has 5 heteroatoms. The van der Waals surface area contributed by atoms with E-state index in [-0.39, 0.29) is 11.9 Å². The highest BCUT2D eigenvalue weighted by molar-refractivity contribution is 6.05. The number of carbonyl (C=O) groups is 1. The number of nitrogens with one attached hydrogen (secondary N) is 1. The fraction of sp³-hybridized carbons (Fsp3) is 0.312. The first kappa shape index (κ1) is 15.0. The lowest BCUT2D eigenvalue weighted by Crippen LogP contribution is -2.20. The molecule has 21 heavy (non-hydrogen) atoms. The van der Waals surface area contributed by atoms with Crippen LogP contribution in [0, 0.1) is 0 Å². The van der Waals surface area contributed by atoms with Gasteiger partial charge in [-0.05, 0) is 32.0 Å². The summed E-state index contributed by atoms with van der Waals surface area (Å²) in [6.45, 7) is 4.04. The van der Waals surface area contributed by atoms with Crippen molar-refractivity contribution in [3.63, 3.8) is 0 Å². The molecule has 0 saturated heterocycles. The van der Waals surface area contributed by atoms with Crippen molar-refractivity contribution in [2.24, 2.45) is 0 Å². The van der Waals surface area contributed by atoms with Gasteiger partial charge in [-0.15, -0.1) is 0 Å². The molecule has 0 bridgehead atoms. The predicted octanol–water partition coefficient (Wildman–Crippen LogP) is 2.97. The van der Waals surface area contributed by atoms with Gasteiger partial charge in [-0.1, -0.05) is 12.1 Å². The molecule has 112 valence electrons. The molecule has 1 amide bonds. The van der Waals surface area contributed by atoms with E-state index in [1.54, 1.807) is 12.3 Å². The highest BCUT2D eigenvalue weighted by Gasteiger charge is 2.16. The minimum atomic E-state index is -0.158. The second kappa shape index (κ2) is 5.91. The zero-order valence-electron chi connectivity index (χ0n) is 12.9.